The van der Waals surface area contributed by atoms with Crippen molar-refractivity contribution in [1.29, 1.82) is 0 Å². The molecule has 6 nitrogen and oxygen atoms in total. The van der Waals surface area contributed by atoms with Crippen LogP contribution in [0.3, 0.4) is 0 Å². The van der Waals surface area contributed by atoms with Gasteiger partial charge in [0.15, 0.2) is 0 Å². The van der Waals surface area contributed by atoms with Crippen LogP contribution in [0.15, 0.2) is 41.3 Å². The predicted octanol–water partition coefficient (Wildman–Crippen LogP) is 1.91. The van der Waals surface area contributed by atoms with Gasteiger partial charge in [-0.1, -0.05) is 18.2 Å². The van der Waals surface area contributed by atoms with Crippen molar-refractivity contribution < 1.29 is 18.3 Å². The summed E-state index contributed by atoms with van der Waals surface area (Å²) in [5.74, 6) is -1.11. The molecule has 1 amide bonds. The number of carbonyl (C=O) groups excluding carboxylic acids is 1. The van der Waals surface area contributed by atoms with Gasteiger partial charge in [-0.25, -0.2) is 8.42 Å². The Hall–Kier alpha value is -2.54. The molecule has 0 aliphatic carbocycles. The second kappa shape index (κ2) is 5.69. The molecule has 0 atom stereocenters. The summed E-state index contributed by atoms with van der Waals surface area (Å²) >= 11 is 0. The molecule has 4 N–H and O–H groups in total. The Morgan fingerprint density at radius 1 is 1.18 bits per heavy atom. The maximum Gasteiger partial charge on any atom is 0.265 e. The van der Waals surface area contributed by atoms with Gasteiger partial charge >= 0.3 is 0 Å². The number of nitrogens with two attached hydrogens (primary N) is 1. The number of phenolic OH excluding ortho intramolecular Hbond substituents is 1. The van der Waals surface area contributed by atoms with Gasteiger partial charge in [0.1, 0.15) is 10.6 Å². The van der Waals surface area contributed by atoms with E-state index >= 15 is 0 Å². The first-order chi connectivity index (χ1) is 10.2. The smallest absolute Gasteiger partial charge is 0.265 e. The second-order valence-corrected chi connectivity index (χ2v) is 6.59. The monoisotopic (exact) mass is 320 g/mol. The van der Waals surface area contributed by atoms with Crippen LogP contribution in [0.25, 0.3) is 0 Å². The van der Waals surface area contributed by atoms with Crippen molar-refractivity contribution in [3.8, 4) is 5.75 Å². The molecular weight excluding hydrogens is 304 g/mol. The number of rotatable bonds is 4. The number of aryl methyl sites for hydroxylation is 2. The van der Waals surface area contributed by atoms with Gasteiger partial charge in [-0.2, -0.15) is 0 Å². The minimum atomic E-state index is -4.05. The highest BCUT2D eigenvalue weighted by atomic mass is 32.2. The van der Waals surface area contributed by atoms with Crippen LogP contribution in [0.5, 0.6) is 5.75 Å². The normalized spacial score (nSPS) is 11.2. The predicted molar refractivity (Wildman–Crippen MR) is 83.3 cm³/mol. The SMILES string of the molecule is Cc1ccc(O)c(S(=O)(=O)Nc2c(C)cccc2C(N)=O)c1. The fourth-order valence-electron chi connectivity index (χ4n) is 2.03. The molecule has 0 unspecified atom stereocenters. The van der Waals surface area contributed by atoms with Gasteiger partial charge in [0.05, 0.1) is 11.3 Å². The van der Waals surface area contributed by atoms with E-state index in [1.807, 2.05) is 0 Å². The van der Waals surface area contributed by atoms with Crippen molar-refractivity contribution in [1.82, 2.24) is 0 Å². The number of amides is 1. The maximum absolute atomic E-state index is 12.5. The molecule has 0 saturated carbocycles. The number of hydrogen-bond acceptors (Lipinski definition) is 4. The van der Waals surface area contributed by atoms with Crippen molar-refractivity contribution in [2.24, 2.45) is 5.73 Å². The molecule has 0 bridgehead atoms. The molecule has 0 aromatic heterocycles. The zero-order valence-corrected chi connectivity index (χ0v) is 12.9. The lowest BCUT2D eigenvalue weighted by molar-refractivity contribution is 0.100. The summed E-state index contributed by atoms with van der Waals surface area (Å²) in [6.07, 6.45) is 0. The minimum absolute atomic E-state index is 0.0655. The summed E-state index contributed by atoms with van der Waals surface area (Å²) in [6.45, 7) is 3.36. The van der Waals surface area contributed by atoms with E-state index in [9.17, 15) is 18.3 Å². The number of nitrogens with one attached hydrogen (secondary N) is 1. The number of carbonyl (C=O) groups is 1. The number of benzene rings is 2. The van der Waals surface area contributed by atoms with Gasteiger partial charge in [0.2, 0.25) is 0 Å². The summed E-state index contributed by atoms with van der Waals surface area (Å²) < 4.78 is 27.3. The summed E-state index contributed by atoms with van der Waals surface area (Å²) in [7, 11) is -4.05. The average molecular weight is 320 g/mol. The van der Waals surface area contributed by atoms with Crippen LogP contribution >= 0.6 is 0 Å². The van der Waals surface area contributed by atoms with Crippen LogP contribution in [0.2, 0.25) is 0 Å². The number of primary amides is 1. The van der Waals surface area contributed by atoms with Crippen molar-refractivity contribution in [2.45, 2.75) is 18.7 Å². The van der Waals surface area contributed by atoms with E-state index in [0.717, 1.165) is 0 Å². The topological polar surface area (TPSA) is 109 Å². The first-order valence-corrected chi connectivity index (χ1v) is 7.92. The van der Waals surface area contributed by atoms with Gasteiger partial charge < -0.3 is 10.8 Å². The number of phenols is 1. The molecule has 2 aromatic carbocycles. The molecule has 2 rings (SSSR count). The highest BCUT2D eigenvalue weighted by Gasteiger charge is 2.22. The van der Waals surface area contributed by atoms with E-state index < -0.39 is 15.9 Å². The Morgan fingerprint density at radius 2 is 1.86 bits per heavy atom. The van der Waals surface area contributed by atoms with Crippen LogP contribution in [0.1, 0.15) is 21.5 Å². The fourth-order valence-corrected chi connectivity index (χ4v) is 3.37. The van der Waals surface area contributed by atoms with Crippen LogP contribution in [-0.4, -0.2) is 19.4 Å². The molecule has 0 aliphatic heterocycles. The number of anilines is 1. The van der Waals surface area contributed by atoms with E-state index in [2.05, 4.69) is 4.72 Å². The lowest BCUT2D eigenvalue weighted by Gasteiger charge is -2.14. The lowest BCUT2D eigenvalue weighted by Crippen LogP contribution is -2.19. The summed E-state index contributed by atoms with van der Waals surface area (Å²) in [5.41, 5.74) is 6.67. The molecular formula is C15H16N2O4S. The van der Waals surface area contributed by atoms with Gasteiger partial charge in [0, 0.05) is 0 Å². The van der Waals surface area contributed by atoms with Gasteiger partial charge in [0.25, 0.3) is 15.9 Å². The number of sulfonamides is 1. The van der Waals surface area contributed by atoms with Crippen molar-refractivity contribution in [3.63, 3.8) is 0 Å². The summed E-state index contributed by atoms with van der Waals surface area (Å²) in [6, 6.07) is 8.94. The number of aromatic hydroxyl groups is 1. The molecule has 7 heteroatoms. The number of para-hydroxylation sites is 1. The van der Waals surface area contributed by atoms with Crippen molar-refractivity contribution in [2.75, 3.05) is 4.72 Å². The molecule has 0 saturated heterocycles. The third kappa shape index (κ3) is 3.04. The molecule has 0 heterocycles. The molecule has 0 radical (unpaired) electrons. The Balaban J connectivity index is 2.55. The van der Waals surface area contributed by atoms with Gasteiger partial charge in [-0.05, 0) is 43.2 Å². The quantitative estimate of drug-likeness (QED) is 0.799. The van der Waals surface area contributed by atoms with Crippen LogP contribution in [0.4, 0.5) is 5.69 Å². The third-order valence-corrected chi connectivity index (χ3v) is 4.56. The first-order valence-electron chi connectivity index (χ1n) is 6.44. The van der Waals surface area contributed by atoms with Gasteiger partial charge in [-0.3, -0.25) is 9.52 Å². The van der Waals surface area contributed by atoms with E-state index in [4.69, 9.17) is 5.73 Å². The summed E-state index contributed by atoms with van der Waals surface area (Å²) in [4.78, 5) is 11.2. The van der Waals surface area contributed by atoms with Crippen LogP contribution < -0.4 is 10.5 Å². The standard InChI is InChI=1S/C15H16N2O4S/c1-9-6-7-12(18)13(8-9)22(20,21)17-14-10(2)4-3-5-11(14)15(16)19/h3-8,17-18H,1-2H3,(H2,16,19). The zero-order valence-electron chi connectivity index (χ0n) is 12.1. The lowest BCUT2D eigenvalue weighted by atomic mass is 10.1. The van der Waals surface area contributed by atoms with E-state index in [-0.39, 0.29) is 21.9 Å². The fraction of sp³-hybridized carbons (Fsp3) is 0.133. The molecule has 0 aliphatic rings. The van der Waals surface area contributed by atoms with Crippen LogP contribution in [-0.2, 0) is 10.0 Å². The molecule has 0 spiro atoms. The van der Waals surface area contributed by atoms with E-state index in [1.165, 1.54) is 18.2 Å². The minimum Gasteiger partial charge on any atom is -0.507 e. The molecule has 2 aromatic rings. The molecule has 22 heavy (non-hydrogen) atoms. The Labute approximate surface area is 128 Å². The highest BCUT2D eigenvalue weighted by Crippen LogP contribution is 2.28. The highest BCUT2D eigenvalue weighted by molar-refractivity contribution is 7.92. The van der Waals surface area contributed by atoms with Crippen molar-refractivity contribution in [3.05, 3.63) is 53.1 Å². The Morgan fingerprint density at radius 3 is 2.50 bits per heavy atom. The maximum atomic E-state index is 12.5. The van der Waals surface area contributed by atoms with E-state index in [0.29, 0.717) is 11.1 Å². The molecule has 0 fully saturated rings. The third-order valence-electron chi connectivity index (χ3n) is 3.18. The van der Waals surface area contributed by atoms with Gasteiger partial charge in [-0.15, -0.1) is 0 Å². The van der Waals surface area contributed by atoms with E-state index in [1.54, 1.807) is 32.0 Å². The van der Waals surface area contributed by atoms with Crippen LogP contribution in [0, 0.1) is 13.8 Å². The average Bonchev–Trinajstić information content (AvgIpc) is 2.43. The Kier molecular flexibility index (Phi) is 4.09. The Bertz CT molecular complexity index is 845. The largest absolute Gasteiger partial charge is 0.507 e. The second-order valence-electron chi connectivity index (χ2n) is 4.94. The first kappa shape index (κ1) is 15.8. The zero-order chi connectivity index (χ0) is 16.5. The number of hydrogen-bond donors (Lipinski definition) is 3. The summed E-state index contributed by atoms with van der Waals surface area (Å²) in [5, 5.41) is 9.79. The molecule has 116 valence electrons. The van der Waals surface area contributed by atoms with Crippen molar-refractivity contribution >= 4 is 21.6 Å².